The number of halogens is 3. The van der Waals surface area contributed by atoms with Gasteiger partial charge in [-0.2, -0.15) is 4.31 Å². The average molecular weight is 460 g/mol. The van der Waals surface area contributed by atoms with Gasteiger partial charge in [-0.15, -0.1) is 0 Å². The average Bonchev–Trinajstić information content (AvgIpc) is 2.70. The SMILES string of the molecule is O=C(CCN1CCN(S(=O)(=O)c2ccccc2F)CC1)Nc1cc(Cl)ccc1Cl. The van der Waals surface area contributed by atoms with E-state index in [9.17, 15) is 17.6 Å². The van der Waals surface area contributed by atoms with E-state index in [4.69, 9.17) is 23.2 Å². The van der Waals surface area contributed by atoms with E-state index in [1.807, 2.05) is 4.90 Å². The Morgan fingerprint density at radius 3 is 2.45 bits per heavy atom. The number of amides is 1. The van der Waals surface area contributed by atoms with E-state index >= 15 is 0 Å². The van der Waals surface area contributed by atoms with E-state index in [2.05, 4.69) is 5.32 Å². The predicted molar refractivity (Wildman–Crippen MR) is 111 cm³/mol. The molecule has 1 heterocycles. The number of nitrogens with zero attached hydrogens (tertiary/aromatic N) is 2. The third-order valence-electron chi connectivity index (χ3n) is 4.64. The zero-order valence-electron chi connectivity index (χ0n) is 15.4. The first-order chi connectivity index (χ1) is 13.8. The van der Waals surface area contributed by atoms with Gasteiger partial charge < -0.3 is 10.2 Å². The third-order valence-corrected chi connectivity index (χ3v) is 7.14. The smallest absolute Gasteiger partial charge is 0.246 e. The quantitative estimate of drug-likeness (QED) is 0.717. The predicted octanol–water partition coefficient (Wildman–Crippen LogP) is 3.47. The Morgan fingerprint density at radius 2 is 1.76 bits per heavy atom. The third kappa shape index (κ3) is 5.46. The van der Waals surface area contributed by atoms with Crippen molar-refractivity contribution < 1.29 is 17.6 Å². The second kappa shape index (κ2) is 9.40. The Bertz CT molecular complexity index is 996. The lowest BCUT2D eigenvalue weighted by Crippen LogP contribution is -2.49. The van der Waals surface area contributed by atoms with Gasteiger partial charge in [0.05, 0.1) is 10.7 Å². The Kier molecular flexibility index (Phi) is 7.13. The molecule has 2 aromatic rings. The molecule has 0 aliphatic carbocycles. The number of anilines is 1. The van der Waals surface area contributed by atoms with E-state index in [1.54, 1.807) is 18.2 Å². The summed E-state index contributed by atoms with van der Waals surface area (Å²) in [7, 11) is -3.87. The second-order valence-corrected chi connectivity index (χ2v) is 9.35. The van der Waals surface area contributed by atoms with Crippen molar-refractivity contribution in [3.8, 4) is 0 Å². The number of nitrogens with one attached hydrogen (secondary N) is 1. The second-order valence-electron chi connectivity index (χ2n) is 6.60. The summed E-state index contributed by atoms with van der Waals surface area (Å²) in [5, 5.41) is 3.59. The van der Waals surface area contributed by atoms with Gasteiger partial charge in [0, 0.05) is 44.2 Å². The van der Waals surface area contributed by atoms with Gasteiger partial charge in [-0.1, -0.05) is 35.3 Å². The number of carbonyl (C=O) groups is 1. The Labute approximate surface area is 179 Å². The molecular weight excluding hydrogens is 440 g/mol. The zero-order valence-corrected chi connectivity index (χ0v) is 17.8. The maximum Gasteiger partial charge on any atom is 0.246 e. The van der Waals surface area contributed by atoms with Crippen molar-refractivity contribution in [2.24, 2.45) is 0 Å². The molecule has 1 aliphatic rings. The summed E-state index contributed by atoms with van der Waals surface area (Å²) < 4.78 is 40.4. The molecule has 1 N–H and O–H groups in total. The van der Waals surface area contributed by atoms with Crippen LogP contribution < -0.4 is 5.32 Å². The molecule has 0 radical (unpaired) electrons. The van der Waals surface area contributed by atoms with Crippen LogP contribution in [0, 0.1) is 5.82 Å². The lowest BCUT2D eigenvalue weighted by Gasteiger charge is -2.33. The minimum absolute atomic E-state index is 0.212. The topological polar surface area (TPSA) is 69.7 Å². The summed E-state index contributed by atoms with van der Waals surface area (Å²) >= 11 is 11.9. The number of carbonyl (C=O) groups excluding carboxylic acids is 1. The summed E-state index contributed by atoms with van der Waals surface area (Å²) in [6.45, 7) is 1.85. The van der Waals surface area contributed by atoms with Crippen molar-refractivity contribution >= 4 is 44.8 Å². The molecule has 3 rings (SSSR count). The number of sulfonamides is 1. The molecule has 6 nitrogen and oxygen atoms in total. The fourth-order valence-corrected chi connectivity index (χ4v) is 4.88. The largest absolute Gasteiger partial charge is 0.325 e. The van der Waals surface area contributed by atoms with E-state index in [0.717, 1.165) is 6.07 Å². The van der Waals surface area contributed by atoms with Gasteiger partial charge in [-0.25, -0.2) is 12.8 Å². The minimum Gasteiger partial charge on any atom is -0.325 e. The van der Waals surface area contributed by atoms with Gasteiger partial charge in [0.15, 0.2) is 0 Å². The summed E-state index contributed by atoms with van der Waals surface area (Å²) in [6, 6.07) is 10.2. The first-order valence-corrected chi connectivity index (χ1v) is 11.2. The normalized spacial score (nSPS) is 16.0. The summed E-state index contributed by atoms with van der Waals surface area (Å²) in [5.74, 6) is -0.971. The Hall–Kier alpha value is -1.71. The highest BCUT2D eigenvalue weighted by Crippen LogP contribution is 2.25. The Morgan fingerprint density at radius 1 is 1.07 bits per heavy atom. The van der Waals surface area contributed by atoms with Gasteiger partial charge in [0.25, 0.3) is 0 Å². The van der Waals surface area contributed by atoms with E-state index in [0.29, 0.717) is 35.4 Å². The molecule has 0 saturated carbocycles. The van der Waals surface area contributed by atoms with Crippen LogP contribution in [-0.4, -0.2) is 56.3 Å². The number of hydrogen-bond donors (Lipinski definition) is 1. The van der Waals surface area contributed by atoms with Crippen LogP contribution in [0.4, 0.5) is 10.1 Å². The lowest BCUT2D eigenvalue weighted by molar-refractivity contribution is -0.116. The highest BCUT2D eigenvalue weighted by Gasteiger charge is 2.30. The Balaban J connectivity index is 1.50. The fraction of sp³-hybridized carbons (Fsp3) is 0.316. The molecule has 2 aromatic carbocycles. The highest BCUT2D eigenvalue weighted by atomic mass is 35.5. The number of rotatable bonds is 6. The van der Waals surface area contributed by atoms with Gasteiger partial charge >= 0.3 is 0 Å². The molecule has 1 aliphatic heterocycles. The lowest BCUT2D eigenvalue weighted by atomic mass is 10.3. The van der Waals surface area contributed by atoms with E-state index in [1.165, 1.54) is 22.5 Å². The standard InChI is InChI=1S/C19H20Cl2FN3O3S/c20-14-5-6-15(21)17(13-14)23-19(26)7-8-24-9-11-25(12-10-24)29(27,28)18-4-2-1-3-16(18)22/h1-6,13H,7-12H2,(H,23,26). The van der Waals surface area contributed by atoms with Crippen molar-refractivity contribution in [2.75, 3.05) is 38.0 Å². The molecule has 1 amide bonds. The molecule has 156 valence electrons. The van der Waals surface area contributed by atoms with Crippen LogP contribution >= 0.6 is 23.2 Å². The highest BCUT2D eigenvalue weighted by molar-refractivity contribution is 7.89. The first-order valence-electron chi connectivity index (χ1n) is 8.99. The maximum atomic E-state index is 13.9. The van der Waals surface area contributed by atoms with Crippen LogP contribution in [0.25, 0.3) is 0 Å². The van der Waals surface area contributed by atoms with Crippen molar-refractivity contribution in [1.82, 2.24) is 9.21 Å². The van der Waals surface area contributed by atoms with Crippen molar-refractivity contribution in [1.29, 1.82) is 0 Å². The molecule has 1 fully saturated rings. The number of hydrogen-bond acceptors (Lipinski definition) is 4. The van der Waals surface area contributed by atoms with Gasteiger partial charge in [0.1, 0.15) is 10.7 Å². The van der Waals surface area contributed by atoms with Crippen LogP contribution in [0.2, 0.25) is 10.0 Å². The van der Waals surface area contributed by atoms with Crippen LogP contribution in [0.5, 0.6) is 0 Å². The summed E-state index contributed by atoms with van der Waals surface area (Å²) in [6.07, 6.45) is 0.225. The van der Waals surface area contributed by atoms with Crippen LogP contribution in [0.1, 0.15) is 6.42 Å². The molecule has 0 aromatic heterocycles. The van der Waals surface area contributed by atoms with Crippen LogP contribution in [0.3, 0.4) is 0 Å². The van der Waals surface area contributed by atoms with Gasteiger partial charge in [-0.3, -0.25) is 4.79 Å². The van der Waals surface area contributed by atoms with Crippen LogP contribution in [0.15, 0.2) is 47.4 Å². The van der Waals surface area contributed by atoms with Crippen LogP contribution in [-0.2, 0) is 14.8 Å². The van der Waals surface area contributed by atoms with E-state index < -0.39 is 15.8 Å². The van der Waals surface area contributed by atoms with Crippen molar-refractivity contribution in [3.63, 3.8) is 0 Å². The van der Waals surface area contributed by atoms with Gasteiger partial charge in [-0.05, 0) is 30.3 Å². The maximum absolute atomic E-state index is 13.9. The first kappa shape index (κ1) is 22.0. The monoisotopic (exact) mass is 459 g/mol. The zero-order chi connectivity index (χ0) is 21.0. The fourth-order valence-electron chi connectivity index (χ4n) is 3.05. The van der Waals surface area contributed by atoms with Gasteiger partial charge in [0.2, 0.25) is 15.9 Å². The molecule has 29 heavy (non-hydrogen) atoms. The molecule has 0 bridgehead atoms. The molecule has 0 atom stereocenters. The summed E-state index contributed by atoms with van der Waals surface area (Å²) in [4.78, 5) is 13.9. The minimum atomic E-state index is -3.87. The van der Waals surface area contributed by atoms with Crippen molar-refractivity contribution in [3.05, 3.63) is 58.3 Å². The number of piperazine rings is 1. The van der Waals surface area contributed by atoms with Crippen molar-refractivity contribution in [2.45, 2.75) is 11.3 Å². The molecular formula is C19H20Cl2FN3O3S. The molecule has 1 saturated heterocycles. The summed E-state index contributed by atoms with van der Waals surface area (Å²) in [5.41, 5.74) is 0.449. The molecule has 0 spiro atoms. The molecule has 0 unspecified atom stereocenters. The van der Waals surface area contributed by atoms with E-state index in [-0.39, 0.29) is 30.3 Å². The number of benzene rings is 2. The molecule has 10 heteroatoms.